The number of carbonyl (C=O) groups is 1. The van der Waals surface area contributed by atoms with Crippen LogP contribution < -0.4 is 10.1 Å². The molecule has 1 aliphatic carbocycles. The zero-order valence-corrected chi connectivity index (χ0v) is 20.0. The Kier molecular flexibility index (Phi) is 7.18. The number of carbonyl (C=O) groups excluding carboxylic acids is 1. The molecule has 0 aliphatic heterocycles. The van der Waals surface area contributed by atoms with Gasteiger partial charge in [-0.3, -0.25) is 0 Å². The van der Waals surface area contributed by atoms with Crippen molar-refractivity contribution < 1.29 is 22.7 Å². The van der Waals surface area contributed by atoms with Crippen LogP contribution in [0.3, 0.4) is 0 Å². The highest BCUT2D eigenvalue weighted by atomic mass is 19.4. The number of rotatable bonds is 9. The number of alkyl halides is 3. The van der Waals surface area contributed by atoms with E-state index in [9.17, 15) is 18.0 Å². The molecular formula is C25H30F3N5O2. The number of benzene rings is 1. The van der Waals surface area contributed by atoms with Crippen LogP contribution in [0.1, 0.15) is 51.1 Å². The predicted molar refractivity (Wildman–Crippen MR) is 126 cm³/mol. The number of urea groups is 1. The number of aromatic nitrogens is 3. The predicted octanol–water partition coefficient (Wildman–Crippen LogP) is 5.62. The normalized spacial score (nSPS) is 15.6. The lowest BCUT2D eigenvalue weighted by Crippen LogP contribution is -2.51. The highest BCUT2D eigenvalue weighted by Crippen LogP contribution is 2.36. The second-order valence-corrected chi connectivity index (χ2v) is 8.95. The Morgan fingerprint density at radius 2 is 2.11 bits per heavy atom. The fourth-order valence-corrected chi connectivity index (χ4v) is 4.27. The molecule has 1 saturated carbocycles. The van der Waals surface area contributed by atoms with E-state index in [-0.39, 0.29) is 13.0 Å². The Morgan fingerprint density at radius 1 is 1.34 bits per heavy atom. The number of amides is 2. The largest absolute Gasteiger partial charge is 0.478 e. The summed E-state index contributed by atoms with van der Waals surface area (Å²) in [5, 5.41) is 2.24. The number of imidazole rings is 1. The second-order valence-electron chi connectivity index (χ2n) is 8.95. The van der Waals surface area contributed by atoms with Gasteiger partial charge in [0.15, 0.2) is 5.65 Å². The van der Waals surface area contributed by atoms with Crippen molar-refractivity contribution in [3.8, 4) is 17.1 Å². The first-order chi connectivity index (χ1) is 16.7. The third kappa shape index (κ3) is 5.68. The molecule has 4 rings (SSSR count). The highest BCUT2D eigenvalue weighted by molar-refractivity contribution is 5.75. The third-order valence-corrected chi connectivity index (χ3v) is 6.52. The number of halogens is 3. The number of hydrogen-bond donors (Lipinski definition) is 1. The van der Waals surface area contributed by atoms with Gasteiger partial charge in [-0.1, -0.05) is 31.0 Å². The molecule has 2 unspecified atom stereocenters. The van der Waals surface area contributed by atoms with Gasteiger partial charge in [0.1, 0.15) is 6.04 Å². The summed E-state index contributed by atoms with van der Waals surface area (Å²) in [4.78, 5) is 23.1. The van der Waals surface area contributed by atoms with E-state index in [0.717, 1.165) is 24.0 Å². The Labute approximate surface area is 202 Å². The zero-order chi connectivity index (χ0) is 25.2. The van der Waals surface area contributed by atoms with E-state index in [2.05, 4.69) is 15.3 Å². The van der Waals surface area contributed by atoms with Crippen LogP contribution in [-0.2, 0) is 0 Å². The molecule has 188 valence electrons. The summed E-state index contributed by atoms with van der Waals surface area (Å²) in [6, 6.07) is 4.45. The molecule has 0 radical (unpaired) electrons. The van der Waals surface area contributed by atoms with Crippen molar-refractivity contribution in [1.82, 2.24) is 24.6 Å². The zero-order valence-electron chi connectivity index (χ0n) is 20.0. The summed E-state index contributed by atoms with van der Waals surface area (Å²) >= 11 is 0. The Hall–Kier alpha value is -3.30. The molecule has 10 heteroatoms. The summed E-state index contributed by atoms with van der Waals surface area (Å²) in [5.74, 6) is 0.736. The van der Waals surface area contributed by atoms with Crippen LogP contribution in [0.4, 0.5) is 18.0 Å². The second kappa shape index (κ2) is 10.1. The fourth-order valence-electron chi connectivity index (χ4n) is 4.27. The van der Waals surface area contributed by atoms with E-state index < -0.39 is 24.3 Å². The SMILES string of the molecule is CCN(C(=O)NC(CCC1CC1)C(F)(F)F)C(C)c1cccc(-c2cn3ccnc3c(OC)n2)c1. The van der Waals surface area contributed by atoms with Gasteiger partial charge in [-0.15, -0.1) is 0 Å². The average Bonchev–Trinajstić information content (AvgIpc) is 3.54. The number of hydrogen-bond acceptors (Lipinski definition) is 4. The first-order valence-electron chi connectivity index (χ1n) is 11.8. The summed E-state index contributed by atoms with van der Waals surface area (Å²) in [6.07, 6.45) is 3.12. The molecule has 0 bridgehead atoms. The van der Waals surface area contributed by atoms with Gasteiger partial charge < -0.3 is 19.4 Å². The average molecular weight is 490 g/mol. The molecule has 1 aliphatic rings. The molecule has 7 nitrogen and oxygen atoms in total. The molecule has 2 aromatic heterocycles. The van der Waals surface area contributed by atoms with Crippen molar-refractivity contribution in [3.63, 3.8) is 0 Å². The van der Waals surface area contributed by atoms with Crippen molar-refractivity contribution in [2.75, 3.05) is 13.7 Å². The minimum Gasteiger partial charge on any atom is -0.478 e. The number of ether oxygens (including phenoxy) is 1. The molecule has 2 atom stereocenters. The first-order valence-corrected chi connectivity index (χ1v) is 11.8. The van der Waals surface area contributed by atoms with Crippen molar-refractivity contribution in [2.45, 2.75) is 57.8 Å². The first kappa shape index (κ1) is 24.8. The maximum atomic E-state index is 13.6. The van der Waals surface area contributed by atoms with E-state index in [0.29, 0.717) is 29.6 Å². The topological polar surface area (TPSA) is 71.8 Å². The van der Waals surface area contributed by atoms with Gasteiger partial charge >= 0.3 is 12.2 Å². The van der Waals surface area contributed by atoms with Gasteiger partial charge in [-0.25, -0.2) is 14.8 Å². The molecule has 1 aromatic carbocycles. The van der Waals surface area contributed by atoms with Crippen LogP contribution in [0.5, 0.6) is 5.88 Å². The van der Waals surface area contributed by atoms with Crippen LogP contribution >= 0.6 is 0 Å². The molecule has 3 aromatic rings. The van der Waals surface area contributed by atoms with E-state index >= 15 is 0 Å². The van der Waals surface area contributed by atoms with Gasteiger partial charge in [0.2, 0.25) is 0 Å². The molecule has 2 amide bonds. The lowest BCUT2D eigenvalue weighted by Gasteiger charge is -2.31. The summed E-state index contributed by atoms with van der Waals surface area (Å²) in [6.45, 7) is 3.83. The van der Waals surface area contributed by atoms with E-state index in [1.54, 1.807) is 19.3 Å². The van der Waals surface area contributed by atoms with Gasteiger partial charge in [-0.2, -0.15) is 13.2 Å². The summed E-state index contributed by atoms with van der Waals surface area (Å²) in [5.41, 5.74) is 2.81. The monoisotopic (exact) mass is 489 g/mol. The molecule has 0 saturated heterocycles. The minimum absolute atomic E-state index is 0.0917. The highest BCUT2D eigenvalue weighted by Gasteiger charge is 2.42. The van der Waals surface area contributed by atoms with Crippen LogP contribution in [0.25, 0.3) is 16.9 Å². The van der Waals surface area contributed by atoms with Gasteiger partial charge in [0, 0.05) is 30.7 Å². The van der Waals surface area contributed by atoms with Crippen molar-refractivity contribution >= 4 is 11.7 Å². The third-order valence-electron chi connectivity index (χ3n) is 6.52. The van der Waals surface area contributed by atoms with Gasteiger partial charge in [0.05, 0.1) is 18.8 Å². The van der Waals surface area contributed by atoms with E-state index in [4.69, 9.17) is 4.74 Å². The van der Waals surface area contributed by atoms with E-state index in [1.165, 1.54) is 12.0 Å². The molecule has 2 heterocycles. The van der Waals surface area contributed by atoms with Crippen LogP contribution in [0, 0.1) is 5.92 Å². The Morgan fingerprint density at radius 3 is 2.77 bits per heavy atom. The number of nitrogens with zero attached hydrogens (tertiary/aromatic N) is 4. The molecular weight excluding hydrogens is 459 g/mol. The molecule has 0 spiro atoms. The molecule has 35 heavy (non-hydrogen) atoms. The Bertz CT molecular complexity index is 1180. The number of methoxy groups -OCH3 is 1. The lowest BCUT2D eigenvalue weighted by molar-refractivity contribution is -0.155. The Balaban J connectivity index is 1.54. The van der Waals surface area contributed by atoms with Crippen LogP contribution in [-0.4, -0.2) is 51.2 Å². The summed E-state index contributed by atoms with van der Waals surface area (Å²) in [7, 11) is 1.52. The van der Waals surface area contributed by atoms with Crippen molar-refractivity contribution in [2.24, 2.45) is 5.92 Å². The smallest absolute Gasteiger partial charge is 0.408 e. The van der Waals surface area contributed by atoms with Crippen LogP contribution in [0.15, 0.2) is 42.9 Å². The lowest BCUT2D eigenvalue weighted by atomic mass is 10.0. The summed E-state index contributed by atoms with van der Waals surface area (Å²) < 4.78 is 47.9. The quantitative estimate of drug-likeness (QED) is 0.424. The number of fused-ring (bicyclic) bond motifs is 1. The maximum Gasteiger partial charge on any atom is 0.408 e. The van der Waals surface area contributed by atoms with Gasteiger partial charge in [-0.05, 0) is 44.2 Å². The number of nitrogens with one attached hydrogen (secondary N) is 1. The van der Waals surface area contributed by atoms with E-state index in [1.807, 2.05) is 41.8 Å². The van der Waals surface area contributed by atoms with Crippen molar-refractivity contribution in [1.29, 1.82) is 0 Å². The van der Waals surface area contributed by atoms with Crippen LogP contribution in [0.2, 0.25) is 0 Å². The maximum absolute atomic E-state index is 13.6. The fraction of sp³-hybridized carbons (Fsp3) is 0.480. The van der Waals surface area contributed by atoms with Gasteiger partial charge in [0.25, 0.3) is 5.88 Å². The minimum atomic E-state index is -4.48. The standard InChI is InChI=1S/C25H30F3N5O2/c1-4-33(24(34)31-21(25(26,27)28)11-10-17-8-9-17)16(2)18-6-5-7-19(14-18)20-15-32-13-12-29-22(32)23(30-20)35-3/h5-7,12-17,21H,4,8-11H2,1-3H3,(H,31,34). The van der Waals surface area contributed by atoms with Crippen molar-refractivity contribution in [3.05, 3.63) is 48.4 Å². The molecule has 1 fully saturated rings. The molecule has 1 N–H and O–H groups in total.